The van der Waals surface area contributed by atoms with Crippen LogP contribution < -0.4 is 5.43 Å². The Balaban J connectivity index is 1.87. The van der Waals surface area contributed by atoms with Gasteiger partial charge in [-0.1, -0.05) is 46.3 Å². The van der Waals surface area contributed by atoms with Gasteiger partial charge in [0.2, 0.25) is 5.91 Å². The lowest BCUT2D eigenvalue weighted by atomic mass is 9.92. The average molecular weight is 431 g/mol. The van der Waals surface area contributed by atoms with Crippen LogP contribution in [0.2, 0.25) is 0 Å². The van der Waals surface area contributed by atoms with Crippen molar-refractivity contribution in [2.75, 3.05) is 6.61 Å². The molecule has 1 fully saturated rings. The molecule has 2 aromatic rings. The van der Waals surface area contributed by atoms with Crippen LogP contribution in [-0.4, -0.2) is 35.4 Å². The number of nitrogens with one attached hydrogen (secondary N) is 1. The fourth-order valence-corrected chi connectivity index (χ4v) is 3.40. The van der Waals surface area contributed by atoms with Crippen molar-refractivity contribution in [1.82, 2.24) is 10.4 Å². The first-order valence-electron chi connectivity index (χ1n) is 8.61. The number of ether oxygens (including phenoxy) is 1. The molecule has 6 nitrogen and oxygen atoms in total. The fourth-order valence-electron chi connectivity index (χ4n) is 3.14. The van der Waals surface area contributed by atoms with Crippen molar-refractivity contribution in [1.29, 1.82) is 0 Å². The van der Waals surface area contributed by atoms with E-state index in [2.05, 4.69) is 21.4 Å². The van der Waals surface area contributed by atoms with E-state index < -0.39 is 17.9 Å². The number of halogens is 1. The molecular weight excluding hydrogens is 412 g/mol. The molecule has 1 N–H and O–H groups in total. The molecule has 0 aromatic heterocycles. The second-order valence-corrected chi connectivity index (χ2v) is 7.05. The highest BCUT2D eigenvalue weighted by Crippen LogP contribution is 2.34. The highest BCUT2D eigenvalue weighted by Gasteiger charge is 2.47. The lowest BCUT2D eigenvalue weighted by Crippen LogP contribution is -2.52. The molecule has 0 unspecified atom stereocenters. The van der Waals surface area contributed by atoms with Crippen LogP contribution in [-0.2, 0) is 14.3 Å². The molecule has 7 heteroatoms. The highest BCUT2D eigenvalue weighted by molar-refractivity contribution is 9.10. The van der Waals surface area contributed by atoms with Gasteiger partial charge in [-0.3, -0.25) is 15.0 Å². The molecule has 1 aliphatic heterocycles. The molecule has 2 amide bonds. The van der Waals surface area contributed by atoms with E-state index in [1.807, 2.05) is 30.3 Å². The van der Waals surface area contributed by atoms with Gasteiger partial charge in [0.05, 0.1) is 6.61 Å². The van der Waals surface area contributed by atoms with Gasteiger partial charge in [-0.05, 0) is 36.8 Å². The van der Waals surface area contributed by atoms with Crippen LogP contribution in [0.3, 0.4) is 0 Å². The second kappa shape index (κ2) is 8.35. The molecule has 1 saturated heterocycles. The van der Waals surface area contributed by atoms with E-state index in [0.717, 1.165) is 15.0 Å². The molecule has 27 heavy (non-hydrogen) atoms. The molecule has 0 radical (unpaired) electrons. The van der Waals surface area contributed by atoms with Gasteiger partial charge in [-0.15, -0.1) is 0 Å². The maximum absolute atomic E-state index is 12.6. The topological polar surface area (TPSA) is 75.7 Å². The van der Waals surface area contributed by atoms with Crippen LogP contribution in [0.5, 0.6) is 0 Å². The molecule has 0 aliphatic carbocycles. The Hall–Kier alpha value is -2.67. The van der Waals surface area contributed by atoms with Crippen molar-refractivity contribution >= 4 is 33.7 Å². The van der Waals surface area contributed by atoms with Gasteiger partial charge in [0, 0.05) is 22.4 Å². The van der Waals surface area contributed by atoms with Crippen molar-refractivity contribution in [3.05, 3.63) is 70.2 Å². The number of hydrazine groups is 1. The molecule has 0 spiro atoms. The van der Waals surface area contributed by atoms with Crippen LogP contribution in [0, 0.1) is 0 Å². The van der Waals surface area contributed by atoms with Crippen molar-refractivity contribution in [2.45, 2.75) is 25.3 Å². The third-order valence-electron chi connectivity index (χ3n) is 4.41. The van der Waals surface area contributed by atoms with E-state index in [0.29, 0.717) is 5.56 Å². The van der Waals surface area contributed by atoms with Gasteiger partial charge in [0.1, 0.15) is 0 Å². The van der Waals surface area contributed by atoms with Crippen LogP contribution in [0.1, 0.15) is 35.2 Å². The summed E-state index contributed by atoms with van der Waals surface area (Å²) >= 11 is 3.31. The first-order chi connectivity index (χ1) is 13.0. The maximum atomic E-state index is 12.6. The number of amides is 2. The minimum Gasteiger partial charge on any atom is -0.464 e. The van der Waals surface area contributed by atoms with E-state index in [1.165, 1.54) is 0 Å². The Kier molecular flexibility index (Phi) is 5.91. The number of hydrogen-bond acceptors (Lipinski definition) is 4. The van der Waals surface area contributed by atoms with E-state index in [-0.39, 0.29) is 24.9 Å². The van der Waals surface area contributed by atoms with E-state index in [9.17, 15) is 14.4 Å². The predicted molar refractivity (Wildman–Crippen MR) is 103 cm³/mol. The molecule has 1 aliphatic rings. The summed E-state index contributed by atoms with van der Waals surface area (Å²) < 4.78 is 6.01. The van der Waals surface area contributed by atoms with Gasteiger partial charge in [-0.25, -0.2) is 9.80 Å². The number of rotatable bonds is 5. The summed E-state index contributed by atoms with van der Waals surface area (Å²) in [4.78, 5) is 37.7. The zero-order chi connectivity index (χ0) is 19.4. The average Bonchev–Trinajstić information content (AvgIpc) is 2.99. The number of esters is 1. The molecular formula is C20H19BrN2O4. The van der Waals surface area contributed by atoms with Crippen molar-refractivity contribution in [2.24, 2.45) is 0 Å². The molecule has 3 rings (SSSR count). The second-order valence-electron chi connectivity index (χ2n) is 6.13. The van der Waals surface area contributed by atoms with Crippen LogP contribution in [0.15, 0.2) is 59.1 Å². The van der Waals surface area contributed by atoms with Gasteiger partial charge >= 0.3 is 5.97 Å². The molecule has 140 valence electrons. The Bertz CT molecular complexity index is 839. The van der Waals surface area contributed by atoms with E-state index in [4.69, 9.17) is 4.74 Å². The summed E-state index contributed by atoms with van der Waals surface area (Å²) in [6.45, 7) is 1.90. The van der Waals surface area contributed by atoms with Crippen molar-refractivity contribution < 1.29 is 19.1 Å². The lowest BCUT2D eigenvalue weighted by molar-refractivity contribution is -0.153. The predicted octanol–water partition coefficient (Wildman–Crippen LogP) is 3.04. The zero-order valence-electron chi connectivity index (χ0n) is 14.7. The fraction of sp³-hybridized carbons (Fsp3) is 0.250. The van der Waals surface area contributed by atoms with Gasteiger partial charge < -0.3 is 4.74 Å². The number of nitrogens with zero attached hydrogens (tertiary/aromatic N) is 1. The quantitative estimate of drug-likeness (QED) is 0.739. The van der Waals surface area contributed by atoms with Crippen molar-refractivity contribution in [3.63, 3.8) is 0 Å². The summed E-state index contributed by atoms with van der Waals surface area (Å²) in [6, 6.07) is 15.1. The van der Waals surface area contributed by atoms with Gasteiger partial charge in [0.25, 0.3) is 5.91 Å². The minimum atomic E-state index is -0.903. The Morgan fingerprint density at radius 3 is 2.44 bits per heavy atom. The summed E-state index contributed by atoms with van der Waals surface area (Å²) in [5.74, 6) is -1.71. The number of carbonyl (C=O) groups excluding carboxylic acids is 3. The number of carbonyl (C=O) groups is 3. The standard InChI is InChI=1S/C20H19BrN2O4/c1-2-27-20(26)18-16(13-6-4-3-5-7-13)12-17(24)23(18)22-19(25)14-8-10-15(21)11-9-14/h3-11,16,18H,2,12H2,1H3,(H,22,25)/t16-,18-/m0/s1. The smallest absolute Gasteiger partial charge is 0.331 e. The van der Waals surface area contributed by atoms with Gasteiger partial charge in [0.15, 0.2) is 6.04 Å². The van der Waals surface area contributed by atoms with E-state index >= 15 is 0 Å². The Labute approximate surface area is 165 Å². The lowest BCUT2D eigenvalue weighted by Gasteiger charge is -2.26. The third-order valence-corrected chi connectivity index (χ3v) is 4.94. The molecule has 1 heterocycles. The molecule has 0 saturated carbocycles. The molecule has 2 aromatic carbocycles. The number of hydrogen-bond donors (Lipinski definition) is 1. The maximum Gasteiger partial charge on any atom is 0.331 e. The first-order valence-corrected chi connectivity index (χ1v) is 9.40. The minimum absolute atomic E-state index is 0.119. The molecule has 0 bridgehead atoms. The largest absolute Gasteiger partial charge is 0.464 e. The van der Waals surface area contributed by atoms with Crippen molar-refractivity contribution in [3.8, 4) is 0 Å². The van der Waals surface area contributed by atoms with E-state index in [1.54, 1.807) is 31.2 Å². The first kappa shape index (κ1) is 19.1. The molecule has 2 atom stereocenters. The summed E-state index contributed by atoms with van der Waals surface area (Å²) in [5, 5.41) is 1.11. The van der Waals surface area contributed by atoms with Gasteiger partial charge in [-0.2, -0.15) is 0 Å². The highest BCUT2D eigenvalue weighted by atomic mass is 79.9. The summed E-state index contributed by atoms with van der Waals surface area (Å²) in [5.41, 5.74) is 3.82. The number of benzene rings is 2. The Morgan fingerprint density at radius 2 is 1.81 bits per heavy atom. The third kappa shape index (κ3) is 4.19. The zero-order valence-corrected chi connectivity index (χ0v) is 16.3. The summed E-state index contributed by atoms with van der Waals surface area (Å²) in [6.07, 6.45) is 0.119. The van der Waals surface area contributed by atoms with Crippen LogP contribution >= 0.6 is 15.9 Å². The monoisotopic (exact) mass is 430 g/mol. The van der Waals surface area contributed by atoms with Crippen LogP contribution in [0.25, 0.3) is 0 Å². The SMILES string of the molecule is CCOC(=O)[C@@H]1[C@H](c2ccccc2)CC(=O)N1NC(=O)c1ccc(Br)cc1. The normalized spacial score (nSPS) is 19.0. The van der Waals surface area contributed by atoms with Crippen LogP contribution in [0.4, 0.5) is 0 Å². The Morgan fingerprint density at radius 1 is 1.15 bits per heavy atom. The summed E-state index contributed by atoms with van der Waals surface area (Å²) in [7, 11) is 0.